The molecule has 0 spiro atoms. The van der Waals surface area contributed by atoms with Crippen LogP contribution in [0, 0.1) is 5.82 Å². The van der Waals surface area contributed by atoms with Gasteiger partial charge in [-0.05, 0) is 48.7 Å². The molecule has 2 aromatic rings. The van der Waals surface area contributed by atoms with Gasteiger partial charge in [-0.2, -0.15) is 0 Å². The van der Waals surface area contributed by atoms with E-state index in [2.05, 4.69) is 15.0 Å². The van der Waals surface area contributed by atoms with Gasteiger partial charge in [0.2, 0.25) is 10.0 Å². The van der Waals surface area contributed by atoms with Gasteiger partial charge >= 0.3 is 0 Å². The van der Waals surface area contributed by atoms with Crippen LogP contribution in [-0.4, -0.2) is 50.1 Å². The molecule has 3 rings (SSSR count). The summed E-state index contributed by atoms with van der Waals surface area (Å²) in [6.45, 7) is 4.24. The van der Waals surface area contributed by atoms with Crippen LogP contribution in [-0.2, 0) is 23.1 Å². The third-order valence-electron chi connectivity index (χ3n) is 4.77. The highest BCUT2D eigenvalue weighted by Crippen LogP contribution is 2.15. The van der Waals surface area contributed by atoms with E-state index < -0.39 is 15.8 Å². The number of hydrogen-bond donors (Lipinski definition) is 3. The number of benzene rings is 2. The molecule has 10 heteroatoms. The Bertz CT molecular complexity index is 1000. The number of aliphatic hydroxyl groups excluding tert-OH is 1. The maximum atomic E-state index is 13.3. The molecule has 1 aliphatic rings. The summed E-state index contributed by atoms with van der Waals surface area (Å²) in [6.07, 6.45) is 0.348. The number of aliphatic imine (C=N–C) groups is 1. The molecule has 0 bridgehead atoms. The molecule has 0 amide bonds. The lowest BCUT2D eigenvalue weighted by atomic mass is 10.2. The molecule has 0 aromatic heterocycles. The molecule has 1 saturated heterocycles. The van der Waals surface area contributed by atoms with Crippen LogP contribution in [0.5, 0.6) is 0 Å². The lowest BCUT2D eigenvalue weighted by molar-refractivity contribution is 0.188. The molecule has 31 heavy (non-hydrogen) atoms. The van der Waals surface area contributed by atoms with Crippen LogP contribution in [0.1, 0.15) is 24.5 Å². The van der Waals surface area contributed by atoms with E-state index in [1.807, 2.05) is 17.9 Å². The van der Waals surface area contributed by atoms with Crippen molar-refractivity contribution < 1.29 is 17.9 Å². The van der Waals surface area contributed by atoms with E-state index in [1.54, 1.807) is 24.3 Å². The summed E-state index contributed by atoms with van der Waals surface area (Å²) in [6, 6.07) is 12.4. The van der Waals surface area contributed by atoms with Gasteiger partial charge in [-0.25, -0.2) is 22.5 Å². The van der Waals surface area contributed by atoms with Crippen molar-refractivity contribution in [2.24, 2.45) is 4.99 Å². The van der Waals surface area contributed by atoms with Gasteiger partial charge in [0.05, 0.1) is 17.5 Å². The van der Waals surface area contributed by atoms with Crippen LogP contribution >= 0.6 is 24.0 Å². The van der Waals surface area contributed by atoms with E-state index in [0.717, 1.165) is 12.1 Å². The normalized spacial score (nSPS) is 16.8. The predicted octanol–water partition coefficient (Wildman–Crippen LogP) is 2.45. The standard InChI is InChI=1S/C21H27FN4O3S.HI/c1-2-23-21(26-10-9-19(27)15-26)24-13-17-6-4-8-20(12-17)30(28,29)25-14-16-5-3-7-18(22)11-16;/h3-8,11-12,19,25,27H,2,9-10,13-15H2,1H3,(H,23,24);1H/t19-;/m1./s1. The maximum absolute atomic E-state index is 13.3. The van der Waals surface area contributed by atoms with Crippen molar-refractivity contribution in [1.29, 1.82) is 0 Å². The minimum absolute atomic E-state index is 0. The lowest BCUT2D eigenvalue weighted by Crippen LogP contribution is -2.40. The molecule has 1 fully saturated rings. The monoisotopic (exact) mass is 562 g/mol. The van der Waals surface area contributed by atoms with Crippen LogP contribution in [0.25, 0.3) is 0 Å². The minimum atomic E-state index is -3.75. The van der Waals surface area contributed by atoms with Gasteiger partial charge in [-0.15, -0.1) is 24.0 Å². The second-order valence-corrected chi connectivity index (χ2v) is 8.93. The van der Waals surface area contributed by atoms with Crippen LogP contribution in [0.4, 0.5) is 4.39 Å². The maximum Gasteiger partial charge on any atom is 0.240 e. The highest BCUT2D eigenvalue weighted by Gasteiger charge is 2.22. The van der Waals surface area contributed by atoms with E-state index in [1.165, 1.54) is 18.2 Å². The number of sulfonamides is 1. The number of likely N-dealkylation sites (tertiary alicyclic amines) is 1. The fourth-order valence-electron chi connectivity index (χ4n) is 3.25. The van der Waals surface area contributed by atoms with Crippen molar-refractivity contribution >= 4 is 40.0 Å². The number of β-amino-alcohol motifs (C(OH)–C–C–N with tert-alkyl or cyclic N) is 1. The van der Waals surface area contributed by atoms with Crippen molar-refractivity contribution in [3.63, 3.8) is 0 Å². The zero-order valence-electron chi connectivity index (χ0n) is 17.3. The fraction of sp³-hybridized carbons (Fsp3) is 0.381. The second kappa shape index (κ2) is 11.7. The van der Waals surface area contributed by atoms with E-state index in [-0.39, 0.29) is 41.5 Å². The Morgan fingerprint density at radius 2 is 1.97 bits per heavy atom. The van der Waals surface area contributed by atoms with E-state index in [9.17, 15) is 17.9 Å². The molecule has 3 N–H and O–H groups in total. The zero-order valence-corrected chi connectivity index (χ0v) is 20.4. The summed E-state index contributed by atoms with van der Waals surface area (Å²) in [5.74, 6) is 0.292. The topological polar surface area (TPSA) is 94.0 Å². The van der Waals surface area contributed by atoms with Crippen LogP contribution < -0.4 is 10.0 Å². The summed E-state index contributed by atoms with van der Waals surface area (Å²) >= 11 is 0. The SMILES string of the molecule is CCNC(=NCc1cccc(S(=O)(=O)NCc2cccc(F)c2)c1)N1CC[C@@H](O)C1.I. The van der Waals surface area contributed by atoms with E-state index >= 15 is 0 Å². The first-order chi connectivity index (χ1) is 14.4. The average molecular weight is 562 g/mol. The summed E-state index contributed by atoms with van der Waals surface area (Å²) < 4.78 is 41.1. The number of nitrogens with zero attached hydrogens (tertiary/aromatic N) is 2. The van der Waals surface area contributed by atoms with Gasteiger partial charge in [-0.3, -0.25) is 0 Å². The highest BCUT2D eigenvalue weighted by atomic mass is 127. The molecule has 0 aliphatic carbocycles. The van der Waals surface area contributed by atoms with Gasteiger partial charge in [0.15, 0.2) is 5.96 Å². The molecule has 0 saturated carbocycles. The van der Waals surface area contributed by atoms with Crippen LogP contribution in [0.2, 0.25) is 0 Å². The first-order valence-corrected chi connectivity index (χ1v) is 11.4. The molecule has 1 atom stereocenters. The Balaban J connectivity index is 0.00000341. The Hall–Kier alpha value is -1.76. The highest BCUT2D eigenvalue weighted by molar-refractivity contribution is 14.0. The quantitative estimate of drug-likeness (QED) is 0.274. The zero-order chi connectivity index (χ0) is 21.6. The summed E-state index contributed by atoms with van der Waals surface area (Å²) in [7, 11) is -3.75. The van der Waals surface area contributed by atoms with Crippen molar-refractivity contribution in [3.8, 4) is 0 Å². The molecule has 0 radical (unpaired) electrons. The van der Waals surface area contributed by atoms with Gasteiger partial charge in [0.1, 0.15) is 5.82 Å². The van der Waals surface area contributed by atoms with E-state index in [4.69, 9.17) is 0 Å². The largest absolute Gasteiger partial charge is 0.391 e. The van der Waals surface area contributed by atoms with Crippen molar-refractivity contribution in [2.45, 2.75) is 37.4 Å². The Morgan fingerprint density at radius 3 is 2.65 bits per heavy atom. The minimum Gasteiger partial charge on any atom is -0.391 e. The Morgan fingerprint density at radius 1 is 1.23 bits per heavy atom. The molecular formula is C21H28FIN4O3S. The average Bonchev–Trinajstić information content (AvgIpc) is 3.16. The number of hydrogen-bond acceptors (Lipinski definition) is 4. The van der Waals surface area contributed by atoms with Crippen LogP contribution in [0.3, 0.4) is 0 Å². The fourth-order valence-corrected chi connectivity index (χ4v) is 4.33. The molecule has 170 valence electrons. The number of guanidine groups is 1. The van der Waals surface area contributed by atoms with Gasteiger partial charge in [-0.1, -0.05) is 24.3 Å². The van der Waals surface area contributed by atoms with Crippen LogP contribution in [0.15, 0.2) is 58.4 Å². The summed E-state index contributed by atoms with van der Waals surface area (Å²) in [5, 5.41) is 13.0. The smallest absolute Gasteiger partial charge is 0.240 e. The van der Waals surface area contributed by atoms with Crippen molar-refractivity contribution in [3.05, 3.63) is 65.5 Å². The first kappa shape index (κ1) is 25.5. The van der Waals surface area contributed by atoms with Gasteiger partial charge < -0.3 is 15.3 Å². The first-order valence-electron chi connectivity index (χ1n) is 9.92. The van der Waals surface area contributed by atoms with Crippen molar-refractivity contribution in [1.82, 2.24) is 14.9 Å². The molecule has 2 aromatic carbocycles. The third-order valence-corrected chi connectivity index (χ3v) is 6.17. The second-order valence-electron chi connectivity index (χ2n) is 7.16. The Labute approximate surface area is 199 Å². The van der Waals surface area contributed by atoms with Gasteiger partial charge in [0, 0.05) is 26.2 Å². The summed E-state index contributed by atoms with van der Waals surface area (Å²) in [4.78, 5) is 6.72. The van der Waals surface area contributed by atoms with E-state index in [0.29, 0.717) is 37.6 Å². The number of rotatable bonds is 7. The van der Waals surface area contributed by atoms with Crippen molar-refractivity contribution in [2.75, 3.05) is 19.6 Å². The number of aliphatic hydroxyl groups is 1. The molecule has 0 unspecified atom stereocenters. The lowest BCUT2D eigenvalue weighted by Gasteiger charge is -2.21. The molecule has 7 nitrogen and oxygen atoms in total. The summed E-state index contributed by atoms with van der Waals surface area (Å²) in [5.41, 5.74) is 1.29. The number of nitrogens with one attached hydrogen (secondary N) is 2. The predicted molar refractivity (Wildman–Crippen MR) is 129 cm³/mol. The molecule has 1 heterocycles. The molecular weight excluding hydrogens is 534 g/mol. The molecule has 1 aliphatic heterocycles. The van der Waals surface area contributed by atoms with Gasteiger partial charge in [0.25, 0.3) is 0 Å². The number of halogens is 2. The third kappa shape index (κ3) is 7.41. The Kier molecular flexibility index (Phi) is 9.66.